The summed E-state index contributed by atoms with van der Waals surface area (Å²) >= 11 is 0. The maximum absolute atomic E-state index is 5.20. The van der Waals surface area contributed by atoms with Crippen LogP contribution in [0.5, 0.6) is 0 Å². The van der Waals surface area contributed by atoms with Crippen molar-refractivity contribution in [2.75, 3.05) is 5.32 Å². The maximum atomic E-state index is 5.20. The molecule has 0 saturated heterocycles. The minimum absolute atomic E-state index is 0.515. The van der Waals surface area contributed by atoms with Gasteiger partial charge < -0.3 is 9.84 Å². The third-order valence-electron chi connectivity index (χ3n) is 3.02. The molecule has 0 radical (unpaired) electrons. The Bertz CT molecular complexity index is 748. The lowest BCUT2D eigenvalue weighted by atomic mass is 10.2. The van der Waals surface area contributed by atoms with E-state index in [9.17, 15) is 0 Å². The predicted octanol–water partition coefficient (Wildman–Crippen LogP) is 3.29. The summed E-state index contributed by atoms with van der Waals surface area (Å²) in [6.45, 7) is 5.77. The van der Waals surface area contributed by atoms with Crippen LogP contribution in [-0.2, 0) is 0 Å². The van der Waals surface area contributed by atoms with E-state index in [-0.39, 0.29) is 0 Å². The Hall–Kier alpha value is -2.43. The molecular formula is C14H14N4O. The molecule has 96 valence electrons. The van der Waals surface area contributed by atoms with E-state index in [2.05, 4.69) is 20.4 Å². The summed E-state index contributed by atoms with van der Waals surface area (Å²) in [7, 11) is 0. The van der Waals surface area contributed by atoms with E-state index < -0.39 is 0 Å². The van der Waals surface area contributed by atoms with Gasteiger partial charge in [0.25, 0.3) is 5.71 Å². The molecule has 0 unspecified atom stereocenters. The number of nitrogens with zero attached hydrogens (tertiary/aromatic N) is 3. The van der Waals surface area contributed by atoms with Crippen LogP contribution in [0.1, 0.15) is 17.1 Å². The minimum Gasteiger partial charge on any atom is -0.339 e. The van der Waals surface area contributed by atoms with Gasteiger partial charge in [0.1, 0.15) is 17.0 Å². The Morgan fingerprint density at radius 1 is 1.05 bits per heavy atom. The van der Waals surface area contributed by atoms with Crippen molar-refractivity contribution in [2.45, 2.75) is 20.8 Å². The van der Waals surface area contributed by atoms with E-state index in [0.717, 1.165) is 28.1 Å². The molecule has 0 aliphatic rings. The van der Waals surface area contributed by atoms with Crippen LogP contribution in [0.25, 0.3) is 11.1 Å². The van der Waals surface area contributed by atoms with E-state index in [1.54, 1.807) is 0 Å². The van der Waals surface area contributed by atoms with Gasteiger partial charge in [-0.2, -0.15) is 4.98 Å². The number of aryl methyl sites for hydroxylation is 3. The maximum Gasteiger partial charge on any atom is 0.263 e. The van der Waals surface area contributed by atoms with Crippen LogP contribution in [-0.4, -0.2) is 15.1 Å². The van der Waals surface area contributed by atoms with Gasteiger partial charge in [0.2, 0.25) is 0 Å². The number of anilines is 2. The summed E-state index contributed by atoms with van der Waals surface area (Å²) in [6, 6.07) is 8.06. The van der Waals surface area contributed by atoms with Crippen LogP contribution < -0.4 is 5.32 Å². The summed E-state index contributed by atoms with van der Waals surface area (Å²) in [5, 5.41) is 8.10. The molecule has 0 spiro atoms. The van der Waals surface area contributed by atoms with Crippen LogP contribution in [0.15, 0.2) is 28.8 Å². The van der Waals surface area contributed by atoms with Gasteiger partial charge in [-0.1, -0.05) is 23.4 Å². The Morgan fingerprint density at radius 3 is 2.63 bits per heavy atom. The Labute approximate surface area is 110 Å². The molecule has 0 amide bonds. The second-order valence-corrected chi connectivity index (χ2v) is 4.51. The smallest absolute Gasteiger partial charge is 0.263 e. The van der Waals surface area contributed by atoms with E-state index in [1.807, 2.05) is 45.0 Å². The van der Waals surface area contributed by atoms with Crippen LogP contribution >= 0.6 is 0 Å². The molecule has 19 heavy (non-hydrogen) atoms. The average molecular weight is 254 g/mol. The first-order chi connectivity index (χ1) is 9.15. The first-order valence-corrected chi connectivity index (χ1v) is 6.08. The Balaban J connectivity index is 2.15. The van der Waals surface area contributed by atoms with E-state index in [1.165, 1.54) is 0 Å². The number of aromatic nitrogens is 3. The van der Waals surface area contributed by atoms with Crippen LogP contribution in [0, 0.1) is 20.8 Å². The Morgan fingerprint density at radius 2 is 1.84 bits per heavy atom. The molecule has 3 aromatic rings. The van der Waals surface area contributed by atoms with Gasteiger partial charge in [-0.3, -0.25) is 0 Å². The van der Waals surface area contributed by atoms with Crippen molar-refractivity contribution in [3.63, 3.8) is 0 Å². The third kappa shape index (κ3) is 2.03. The first-order valence-electron chi connectivity index (χ1n) is 6.08. The van der Waals surface area contributed by atoms with Crippen LogP contribution in [0.4, 0.5) is 11.5 Å². The van der Waals surface area contributed by atoms with Gasteiger partial charge in [0.15, 0.2) is 0 Å². The number of rotatable bonds is 2. The third-order valence-corrected chi connectivity index (χ3v) is 3.02. The van der Waals surface area contributed by atoms with Crippen molar-refractivity contribution in [3.8, 4) is 0 Å². The van der Waals surface area contributed by atoms with Crippen molar-refractivity contribution in [2.24, 2.45) is 0 Å². The highest BCUT2D eigenvalue weighted by molar-refractivity contribution is 5.89. The van der Waals surface area contributed by atoms with Crippen LogP contribution in [0.2, 0.25) is 0 Å². The fraction of sp³-hybridized carbons (Fsp3) is 0.214. The molecule has 1 aromatic carbocycles. The van der Waals surface area contributed by atoms with Crippen molar-refractivity contribution < 1.29 is 4.52 Å². The first kappa shape index (κ1) is 11.6. The summed E-state index contributed by atoms with van der Waals surface area (Å²) < 4.78 is 5.20. The van der Waals surface area contributed by atoms with Crippen LogP contribution in [0.3, 0.4) is 0 Å². The number of nitrogens with one attached hydrogen (secondary N) is 1. The van der Waals surface area contributed by atoms with Crippen molar-refractivity contribution >= 4 is 22.6 Å². The topological polar surface area (TPSA) is 63.8 Å². The second kappa shape index (κ2) is 4.35. The van der Waals surface area contributed by atoms with Crippen molar-refractivity contribution in [3.05, 3.63) is 41.3 Å². The molecule has 0 atom stereocenters. The molecule has 3 rings (SSSR count). The SMILES string of the molecule is Cc1nc(Nc2ccccc2C)c2c(C)noc2n1. The van der Waals surface area contributed by atoms with Crippen molar-refractivity contribution in [1.82, 2.24) is 15.1 Å². The fourth-order valence-corrected chi connectivity index (χ4v) is 2.03. The normalized spacial score (nSPS) is 10.9. The highest BCUT2D eigenvalue weighted by Crippen LogP contribution is 2.27. The highest BCUT2D eigenvalue weighted by atomic mass is 16.5. The summed E-state index contributed by atoms with van der Waals surface area (Å²) in [4.78, 5) is 8.69. The molecule has 5 nitrogen and oxygen atoms in total. The number of fused-ring (bicyclic) bond motifs is 1. The number of benzene rings is 1. The Kier molecular flexibility index (Phi) is 2.67. The molecule has 0 fully saturated rings. The second-order valence-electron chi connectivity index (χ2n) is 4.51. The molecule has 0 aliphatic carbocycles. The average Bonchev–Trinajstić information content (AvgIpc) is 2.74. The van der Waals surface area contributed by atoms with Gasteiger partial charge in [-0.25, -0.2) is 4.98 Å². The van der Waals surface area contributed by atoms with Gasteiger partial charge in [0, 0.05) is 5.69 Å². The standard InChI is InChI=1S/C14H14N4O/c1-8-6-4-5-7-11(8)17-13-12-9(2)18-19-14(12)16-10(3)15-13/h4-7H,1-3H3,(H,15,16,17). The fourth-order valence-electron chi connectivity index (χ4n) is 2.03. The lowest BCUT2D eigenvalue weighted by Crippen LogP contribution is -1.99. The van der Waals surface area contributed by atoms with E-state index in [0.29, 0.717) is 11.5 Å². The molecule has 2 heterocycles. The largest absolute Gasteiger partial charge is 0.339 e. The molecule has 0 aliphatic heterocycles. The molecule has 0 bridgehead atoms. The number of hydrogen-bond acceptors (Lipinski definition) is 5. The predicted molar refractivity (Wildman–Crippen MR) is 73.5 cm³/mol. The molecule has 5 heteroatoms. The highest BCUT2D eigenvalue weighted by Gasteiger charge is 2.14. The summed E-state index contributed by atoms with van der Waals surface area (Å²) in [6.07, 6.45) is 0. The van der Waals surface area contributed by atoms with E-state index in [4.69, 9.17) is 4.52 Å². The quantitative estimate of drug-likeness (QED) is 0.760. The van der Waals surface area contributed by atoms with Crippen molar-refractivity contribution in [1.29, 1.82) is 0 Å². The van der Waals surface area contributed by atoms with Gasteiger partial charge in [-0.05, 0) is 32.4 Å². The molecule has 2 aromatic heterocycles. The van der Waals surface area contributed by atoms with Gasteiger partial charge in [-0.15, -0.1) is 0 Å². The summed E-state index contributed by atoms with van der Waals surface area (Å²) in [5.74, 6) is 1.38. The molecule has 1 N–H and O–H groups in total. The molecular weight excluding hydrogens is 240 g/mol. The van der Waals surface area contributed by atoms with Gasteiger partial charge >= 0.3 is 0 Å². The lowest BCUT2D eigenvalue weighted by molar-refractivity contribution is 0.442. The minimum atomic E-state index is 0.515. The molecule has 0 saturated carbocycles. The zero-order valence-corrected chi connectivity index (χ0v) is 11.1. The lowest BCUT2D eigenvalue weighted by Gasteiger charge is -2.09. The number of hydrogen-bond donors (Lipinski definition) is 1. The number of para-hydroxylation sites is 1. The monoisotopic (exact) mass is 254 g/mol. The van der Waals surface area contributed by atoms with E-state index >= 15 is 0 Å². The van der Waals surface area contributed by atoms with Gasteiger partial charge in [0.05, 0.1) is 5.69 Å². The zero-order valence-electron chi connectivity index (χ0n) is 11.1. The zero-order chi connectivity index (χ0) is 13.4. The summed E-state index contributed by atoms with van der Waals surface area (Å²) in [5.41, 5.74) is 3.47.